The Labute approximate surface area is 130 Å². The standard InChI is InChI=1S/C16H23NO3S/c1-12(2)8-9-21-11-15(18)17-14(16(19)20)10-13-6-4-3-5-7-13/h3-7,12,14H,8-11H2,1-2H3,(H,17,18)(H,19,20)/t14-/m0/s1. The SMILES string of the molecule is CC(C)CCSCC(=O)N[C@@H](Cc1ccccc1)C(=O)O. The van der Waals surface area contributed by atoms with Gasteiger partial charge in [-0.3, -0.25) is 4.79 Å². The highest BCUT2D eigenvalue weighted by molar-refractivity contribution is 7.99. The summed E-state index contributed by atoms with van der Waals surface area (Å²) in [6.45, 7) is 4.28. The van der Waals surface area contributed by atoms with Crippen molar-refractivity contribution in [3.8, 4) is 0 Å². The van der Waals surface area contributed by atoms with Gasteiger partial charge in [0.2, 0.25) is 5.91 Å². The van der Waals surface area contributed by atoms with E-state index in [0.717, 1.165) is 17.7 Å². The van der Waals surface area contributed by atoms with E-state index in [1.807, 2.05) is 30.3 Å². The van der Waals surface area contributed by atoms with Crippen molar-refractivity contribution in [3.63, 3.8) is 0 Å². The Balaban J connectivity index is 2.40. The average molecular weight is 309 g/mol. The molecule has 0 fully saturated rings. The molecule has 1 amide bonds. The van der Waals surface area contributed by atoms with E-state index in [9.17, 15) is 14.7 Å². The summed E-state index contributed by atoms with van der Waals surface area (Å²) in [4.78, 5) is 23.0. The van der Waals surface area contributed by atoms with E-state index < -0.39 is 12.0 Å². The minimum absolute atomic E-state index is 0.216. The van der Waals surface area contributed by atoms with Crippen molar-refractivity contribution >= 4 is 23.6 Å². The molecular formula is C16H23NO3S. The fourth-order valence-corrected chi connectivity index (χ4v) is 2.82. The first kappa shape index (κ1) is 17.6. The smallest absolute Gasteiger partial charge is 0.326 e. The van der Waals surface area contributed by atoms with Gasteiger partial charge in [-0.15, -0.1) is 0 Å². The third-order valence-electron chi connectivity index (χ3n) is 2.99. The zero-order chi connectivity index (χ0) is 15.7. The molecule has 0 aromatic heterocycles. The highest BCUT2D eigenvalue weighted by Gasteiger charge is 2.20. The van der Waals surface area contributed by atoms with Crippen LogP contribution in [0.5, 0.6) is 0 Å². The third-order valence-corrected chi connectivity index (χ3v) is 3.98. The van der Waals surface area contributed by atoms with Crippen molar-refractivity contribution in [1.82, 2.24) is 5.32 Å². The molecule has 0 bridgehead atoms. The molecule has 0 spiro atoms. The summed E-state index contributed by atoms with van der Waals surface area (Å²) in [6.07, 6.45) is 1.36. The van der Waals surface area contributed by atoms with Crippen molar-refractivity contribution in [2.24, 2.45) is 5.92 Å². The predicted molar refractivity (Wildman–Crippen MR) is 86.5 cm³/mol. The number of hydrogen-bond donors (Lipinski definition) is 2. The maximum absolute atomic E-state index is 11.8. The molecule has 5 heteroatoms. The predicted octanol–water partition coefficient (Wildman–Crippen LogP) is 2.58. The second-order valence-electron chi connectivity index (χ2n) is 5.38. The van der Waals surface area contributed by atoms with E-state index in [1.165, 1.54) is 0 Å². The van der Waals surface area contributed by atoms with Crippen LogP contribution in [0.25, 0.3) is 0 Å². The van der Waals surface area contributed by atoms with Crippen LogP contribution in [-0.2, 0) is 16.0 Å². The molecule has 0 aliphatic carbocycles. The Bertz CT molecular complexity index is 448. The zero-order valence-corrected chi connectivity index (χ0v) is 13.4. The van der Waals surface area contributed by atoms with Gasteiger partial charge in [0.25, 0.3) is 0 Å². The molecule has 0 heterocycles. The van der Waals surface area contributed by atoms with E-state index in [-0.39, 0.29) is 5.91 Å². The average Bonchev–Trinajstić information content (AvgIpc) is 2.44. The number of rotatable bonds is 9. The second kappa shape index (κ2) is 9.45. The Morgan fingerprint density at radius 3 is 2.48 bits per heavy atom. The number of thioether (sulfide) groups is 1. The van der Waals surface area contributed by atoms with Crippen LogP contribution in [0.2, 0.25) is 0 Å². The van der Waals surface area contributed by atoms with Crippen molar-refractivity contribution in [1.29, 1.82) is 0 Å². The Morgan fingerprint density at radius 1 is 1.24 bits per heavy atom. The highest BCUT2D eigenvalue weighted by Crippen LogP contribution is 2.09. The lowest BCUT2D eigenvalue weighted by Gasteiger charge is -2.14. The molecule has 0 radical (unpaired) electrons. The molecule has 1 aromatic carbocycles. The summed E-state index contributed by atoms with van der Waals surface area (Å²) in [5, 5.41) is 11.8. The number of carboxylic acids is 1. The second-order valence-corrected chi connectivity index (χ2v) is 6.49. The van der Waals surface area contributed by atoms with Gasteiger partial charge in [-0.1, -0.05) is 44.2 Å². The lowest BCUT2D eigenvalue weighted by atomic mass is 10.1. The van der Waals surface area contributed by atoms with Gasteiger partial charge in [0.05, 0.1) is 5.75 Å². The summed E-state index contributed by atoms with van der Waals surface area (Å²) in [6, 6.07) is 8.45. The molecular weight excluding hydrogens is 286 g/mol. The van der Waals surface area contributed by atoms with E-state index in [0.29, 0.717) is 18.1 Å². The maximum Gasteiger partial charge on any atom is 0.326 e. The van der Waals surface area contributed by atoms with Gasteiger partial charge in [-0.2, -0.15) is 11.8 Å². The number of carbonyl (C=O) groups is 2. The van der Waals surface area contributed by atoms with E-state index in [1.54, 1.807) is 11.8 Å². The van der Waals surface area contributed by atoms with Gasteiger partial charge in [-0.05, 0) is 23.7 Å². The van der Waals surface area contributed by atoms with Crippen LogP contribution in [0.15, 0.2) is 30.3 Å². The first-order chi connectivity index (χ1) is 9.99. The monoisotopic (exact) mass is 309 g/mol. The molecule has 0 aliphatic rings. The molecule has 1 rings (SSSR count). The summed E-state index contributed by atoms with van der Waals surface area (Å²) in [5.74, 6) is 0.629. The van der Waals surface area contributed by atoms with Gasteiger partial charge in [0.15, 0.2) is 0 Å². The van der Waals surface area contributed by atoms with Crippen LogP contribution >= 0.6 is 11.8 Å². The van der Waals surface area contributed by atoms with E-state index >= 15 is 0 Å². The van der Waals surface area contributed by atoms with Crippen molar-refractivity contribution in [2.75, 3.05) is 11.5 Å². The molecule has 1 atom stereocenters. The van der Waals surface area contributed by atoms with Crippen molar-refractivity contribution in [3.05, 3.63) is 35.9 Å². The fraction of sp³-hybridized carbons (Fsp3) is 0.500. The lowest BCUT2D eigenvalue weighted by Crippen LogP contribution is -2.43. The van der Waals surface area contributed by atoms with Crippen LogP contribution in [-0.4, -0.2) is 34.5 Å². The molecule has 0 saturated carbocycles. The first-order valence-electron chi connectivity index (χ1n) is 7.13. The summed E-state index contributed by atoms with van der Waals surface area (Å²) < 4.78 is 0. The number of hydrogen-bond acceptors (Lipinski definition) is 3. The quantitative estimate of drug-likeness (QED) is 0.688. The Morgan fingerprint density at radius 2 is 1.90 bits per heavy atom. The van der Waals surface area contributed by atoms with E-state index in [2.05, 4.69) is 19.2 Å². The molecule has 1 aromatic rings. The van der Waals surface area contributed by atoms with Crippen LogP contribution in [0, 0.1) is 5.92 Å². The highest BCUT2D eigenvalue weighted by atomic mass is 32.2. The molecule has 116 valence electrons. The minimum Gasteiger partial charge on any atom is -0.480 e. The van der Waals surface area contributed by atoms with Crippen LogP contribution in [0.3, 0.4) is 0 Å². The number of carboxylic acid groups (broad SMARTS) is 1. The maximum atomic E-state index is 11.8. The summed E-state index contributed by atoms with van der Waals surface area (Å²) in [7, 11) is 0. The third kappa shape index (κ3) is 7.75. The lowest BCUT2D eigenvalue weighted by molar-refractivity contribution is -0.141. The van der Waals surface area contributed by atoms with Gasteiger partial charge in [0.1, 0.15) is 6.04 Å². The number of aliphatic carboxylic acids is 1. The van der Waals surface area contributed by atoms with Crippen LogP contribution in [0.4, 0.5) is 0 Å². The summed E-state index contributed by atoms with van der Waals surface area (Å²) in [5.41, 5.74) is 0.901. The van der Waals surface area contributed by atoms with Gasteiger partial charge >= 0.3 is 5.97 Å². The number of carbonyl (C=O) groups excluding carboxylic acids is 1. The molecule has 21 heavy (non-hydrogen) atoms. The fourth-order valence-electron chi connectivity index (χ4n) is 1.77. The Hall–Kier alpha value is -1.49. The van der Waals surface area contributed by atoms with Gasteiger partial charge in [-0.25, -0.2) is 4.79 Å². The molecule has 0 aliphatic heterocycles. The zero-order valence-electron chi connectivity index (χ0n) is 12.5. The minimum atomic E-state index is -1.00. The van der Waals surface area contributed by atoms with Crippen LogP contribution < -0.4 is 5.32 Å². The molecule has 0 unspecified atom stereocenters. The van der Waals surface area contributed by atoms with Crippen LogP contribution in [0.1, 0.15) is 25.8 Å². The van der Waals surface area contributed by atoms with Crippen molar-refractivity contribution in [2.45, 2.75) is 32.7 Å². The van der Waals surface area contributed by atoms with Gasteiger partial charge < -0.3 is 10.4 Å². The first-order valence-corrected chi connectivity index (χ1v) is 8.28. The summed E-state index contributed by atoms with van der Waals surface area (Å²) >= 11 is 1.54. The van der Waals surface area contributed by atoms with Gasteiger partial charge in [0, 0.05) is 6.42 Å². The largest absolute Gasteiger partial charge is 0.480 e. The molecule has 2 N–H and O–H groups in total. The number of benzene rings is 1. The Kier molecular flexibility index (Phi) is 7.90. The van der Waals surface area contributed by atoms with E-state index in [4.69, 9.17) is 0 Å². The molecule has 4 nitrogen and oxygen atoms in total. The number of amides is 1. The normalized spacial score (nSPS) is 12.1. The van der Waals surface area contributed by atoms with Crippen molar-refractivity contribution < 1.29 is 14.7 Å². The topological polar surface area (TPSA) is 66.4 Å². The number of nitrogens with one attached hydrogen (secondary N) is 1. The molecule has 0 saturated heterocycles.